The van der Waals surface area contributed by atoms with Gasteiger partial charge in [0.05, 0.1) is 33.8 Å². The predicted octanol–water partition coefficient (Wildman–Crippen LogP) is 3.69. The maximum atomic E-state index is 13.2. The Morgan fingerprint density at radius 1 is 1.17 bits per heavy atom. The Labute approximate surface area is 184 Å². The molecule has 1 fully saturated rings. The van der Waals surface area contributed by atoms with Crippen molar-refractivity contribution >= 4 is 43.2 Å². The molecule has 1 aliphatic carbocycles. The highest BCUT2D eigenvalue weighted by Crippen LogP contribution is 2.29. The molecule has 1 aromatic heterocycles. The van der Waals surface area contributed by atoms with Gasteiger partial charge in [0.2, 0.25) is 10.0 Å². The van der Waals surface area contributed by atoms with Crippen molar-refractivity contribution in [3.63, 3.8) is 0 Å². The van der Waals surface area contributed by atoms with Gasteiger partial charge in [0.25, 0.3) is 0 Å². The summed E-state index contributed by atoms with van der Waals surface area (Å²) >= 11 is 6.96. The molecule has 9 heteroatoms. The van der Waals surface area contributed by atoms with Crippen molar-refractivity contribution in [3.8, 4) is 0 Å². The van der Waals surface area contributed by atoms with Crippen LogP contribution in [0.4, 0.5) is 0 Å². The number of hydrogen-bond acceptors (Lipinski definition) is 5. The van der Waals surface area contributed by atoms with Crippen LogP contribution >= 0.6 is 22.9 Å². The molecule has 0 bridgehead atoms. The fraction of sp³-hybridized carbons (Fsp3) is 0.381. The van der Waals surface area contributed by atoms with E-state index in [2.05, 4.69) is 0 Å². The number of aliphatic hydroxyl groups excluding tert-OH is 1. The van der Waals surface area contributed by atoms with Crippen molar-refractivity contribution in [3.05, 3.63) is 62.7 Å². The number of thiazole rings is 1. The van der Waals surface area contributed by atoms with Gasteiger partial charge >= 0.3 is 4.87 Å². The number of sulfonamides is 1. The number of aliphatic hydroxyl groups is 1. The quantitative estimate of drug-likeness (QED) is 0.622. The van der Waals surface area contributed by atoms with Gasteiger partial charge in [0.15, 0.2) is 0 Å². The van der Waals surface area contributed by atoms with E-state index >= 15 is 0 Å². The maximum Gasteiger partial charge on any atom is 0.308 e. The lowest BCUT2D eigenvalue weighted by Crippen LogP contribution is -2.46. The molecule has 2 aromatic carbocycles. The molecule has 0 radical (unpaired) electrons. The van der Waals surface area contributed by atoms with Crippen molar-refractivity contribution in [2.75, 3.05) is 7.05 Å². The average Bonchev–Trinajstić information content (AvgIpc) is 3.04. The van der Waals surface area contributed by atoms with Crippen LogP contribution < -0.4 is 4.87 Å². The summed E-state index contributed by atoms with van der Waals surface area (Å²) in [7, 11) is -2.26. The Balaban J connectivity index is 1.66. The number of nitrogens with zero attached hydrogens (tertiary/aromatic N) is 2. The van der Waals surface area contributed by atoms with Gasteiger partial charge < -0.3 is 5.11 Å². The number of aromatic nitrogens is 1. The molecule has 1 aliphatic rings. The molecule has 1 saturated carbocycles. The molecule has 1 heterocycles. The molecule has 0 aliphatic heterocycles. The van der Waals surface area contributed by atoms with Gasteiger partial charge in [0.1, 0.15) is 0 Å². The summed E-state index contributed by atoms with van der Waals surface area (Å²) in [6.07, 6.45) is 2.41. The van der Waals surface area contributed by atoms with E-state index in [1.807, 2.05) is 12.1 Å². The third kappa shape index (κ3) is 4.07. The van der Waals surface area contributed by atoms with Gasteiger partial charge in [0, 0.05) is 12.1 Å². The summed E-state index contributed by atoms with van der Waals surface area (Å²) in [6.45, 7) is 0.385. The highest BCUT2D eigenvalue weighted by atomic mass is 35.5. The minimum Gasteiger partial charge on any atom is -0.391 e. The largest absolute Gasteiger partial charge is 0.391 e. The third-order valence-electron chi connectivity index (χ3n) is 5.73. The Morgan fingerprint density at radius 3 is 2.57 bits per heavy atom. The fourth-order valence-electron chi connectivity index (χ4n) is 3.99. The highest BCUT2D eigenvalue weighted by Gasteiger charge is 2.34. The van der Waals surface area contributed by atoms with E-state index in [1.54, 1.807) is 28.8 Å². The smallest absolute Gasteiger partial charge is 0.308 e. The summed E-state index contributed by atoms with van der Waals surface area (Å²) < 4.78 is 29.8. The SMILES string of the molecule is CN([C@@H]1CCCC[C@H]1O)S(=O)(=O)c1ccc2c(c1)sc(=O)n2Cc1ccc(Cl)cc1. The predicted molar refractivity (Wildman–Crippen MR) is 120 cm³/mol. The Hall–Kier alpha value is -1.71. The van der Waals surface area contributed by atoms with E-state index in [0.29, 0.717) is 34.6 Å². The number of fused-ring (bicyclic) bond motifs is 1. The van der Waals surface area contributed by atoms with Gasteiger partial charge in [-0.3, -0.25) is 9.36 Å². The summed E-state index contributed by atoms with van der Waals surface area (Å²) in [5, 5.41) is 10.9. The molecule has 4 rings (SSSR count). The van der Waals surface area contributed by atoms with Crippen LogP contribution in [-0.2, 0) is 16.6 Å². The van der Waals surface area contributed by atoms with Crippen LogP contribution in [0, 0.1) is 0 Å². The maximum absolute atomic E-state index is 13.2. The monoisotopic (exact) mass is 466 g/mol. The number of rotatable bonds is 5. The van der Waals surface area contributed by atoms with Gasteiger partial charge in [-0.2, -0.15) is 4.31 Å². The second kappa shape index (κ2) is 8.43. The molecule has 0 spiro atoms. The summed E-state index contributed by atoms with van der Waals surface area (Å²) in [5.74, 6) is 0. The average molecular weight is 467 g/mol. The van der Waals surface area contributed by atoms with Gasteiger partial charge in [-0.05, 0) is 48.7 Å². The molecule has 160 valence electrons. The molecule has 30 heavy (non-hydrogen) atoms. The lowest BCUT2D eigenvalue weighted by molar-refractivity contribution is 0.0638. The van der Waals surface area contributed by atoms with Crippen LogP contribution in [0.1, 0.15) is 31.2 Å². The second-order valence-corrected chi connectivity index (χ2v) is 11.1. The van der Waals surface area contributed by atoms with Crippen LogP contribution in [0.3, 0.4) is 0 Å². The lowest BCUT2D eigenvalue weighted by Gasteiger charge is -2.34. The zero-order valence-corrected chi connectivity index (χ0v) is 18.9. The zero-order valence-electron chi connectivity index (χ0n) is 16.5. The van der Waals surface area contributed by atoms with E-state index in [-0.39, 0.29) is 9.77 Å². The molecule has 0 saturated heterocycles. The van der Waals surface area contributed by atoms with Gasteiger partial charge in [-0.15, -0.1) is 0 Å². The standard InChI is InChI=1S/C21H23ClN2O4S2/c1-23(17-4-2-3-5-19(17)25)30(27,28)16-10-11-18-20(12-16)29-21(26)24(18)13-14-6-8-15(22)9-7-14/h6-12,17,19,25H,2-5,13H2,1H3/t17-,19-/m1/s1. The van der Waals surface area contributed by atoms with Crippen molar-refractivity contribution in [1.82, 2.24) is 8.87 Å². The first kappa shape index (κ1) is 21.5. The molecule has 3 aromatic rings. The van der Waals surface area contributed by atoms with Crippen molar-refractivity contribution < 1.29 is 13.5 Å². The molecular formula is C21H23ClN2O4S2. The molecular weight excluding hydrogens is 444 g/mol. The molecule has 0 amide bonds. The molecule has 6 nitrogen and oxygen atoms in total. The normalized spacial score (nSPS) is 20.1. The van der Waals surface area contributed by atoms with Crippen molar-refractivity contribution in [2.45, 2.75) is 49.3 Å². The first-order valence-electron chi connectivity index (χ1n) is 9.81. The molecule has 2 atom stereocenters. The topological polar surface area (TPSA) is 79.6 Å². The highest BCUT2D eigenvalue weighted by molar-refractivity contribution is 7.89. The minimum atomic E-state index is -3.78. The molecule has 1 N–H and O–H groups in total. The van der Waals surface area contributed by atoms with E-state index in [4.69, 9.17) is 11.6 Å². The fourth-order valence-corrected chi connectivity index (χ4v) is 6.56. The zero-order chi connectivity index (χ0) is 21.5. The first-order chi connectivity index (χ1) is 14.3. The van der Waals surface area contributed by atoms with Crippen LogP contribution in [0.25, 0.3) is 10.2 Å². The van der Waals surface area contributed by atoms with E-state index in [9.17, 15) is 18.3 Å². The Morgan fingerprint density at radius 2 is 1.87 bits per heavy atom. The summed E-state index contributed by atoms with van der Waals surface area (Å²) in [5.41, 5.74) is 1.63. The second-order valence-electron chi connectivity index (χ2n) is 7.65. The van der Waals surface area contributed by atoms with E-state index in [0.717, 1.165) is 29.7 Å². The van der Waals surface area contributed by atoms with E-state index < -0.39 is 22.2 Å². The van der Waals surface area contributed by atoms with Crippen LogP contribution in [0.5, 0.6) is 0 Å². The van der Waals surface area contributed by atoms with Gasteiger partial charge in [-0.1, -0.05) is 47.9 Å². The number of halogens is 1. The van der Waals surface area contributed by atoms with Crippen molar-refractivity contribution in [2.24, 2.45) is 0 Å². The number of benzene rings is 2. The van der Waals surface area contributed by atoms with Crippen LogP contribution in [0.15, 0.2) is 52.2 Å². The van der Waals surface area contributed by atoms with Crippen LogP contribution in [-0.4, -0.2) is 41.6 Å². The minimum absolute atomic E-state index is 0.134. The number of hydrogen-bond donors (Lipinski definition) is 1. The Bertz CT molecular complexity index is 1220. The number of likely N-dealkylation sites (N-methyl/N-ethyl adjacent to an activating group) is 1. The summed E-state index contributed by atoms with van der Waals surface area (Å²) in [4.78, 5) is 12.5. The van der Waals surface area contributed by atoms with Crippen molar-refractivity contribution in [1.29, 1.82) is 0 Å². The summed E-state index contributed by atoms with van der Waals surface area (Å²) in [6, 6.07) is 11.6. The lowest BCUT2D eigenvalue weighted by atomic mass is 9.93. The third-order valence-corrected chi connectivity index (χ3v) is 8.80. The van der Waals surface area contributed by atoms with Crippen LogP contribution in [0.2, 0.25) is 5.02 Å². The Kier molecular flexibility index (Phi) is 6.05. The van der Waals surface area contributed by atoms with E-state index in [1.165, 1.54) is 17.4 Å². The van der Waals surface area contributed by atoms with Gasteiger partial charge in [-0.25, -0.2) is 8.42 Å². The first-order valence-corrected chi connectivity index (χ1v) is 12.4. The molecule has 0 unspecified atom stereocenters.